The van der Waals surface area contributed by atoms with E-state index in [4.69, 9.17) is 26.0 Å². The van der Waals surface area contributed by atoms with Gasteiger partial charge >= 0.3 is 18.0 Å². The van der Waals surface area contributed by atoms with Crippen molar-refractivity contribution >= 4 is 59.5 Å². The Labute approximate surface area is 353 Å². The van der Waals surface area contributed by atoms with E-state index in [9.17, 15) is 43.2 Å². The third-order valence-electron chi connectivity index (χ3n) is 7.28. The number of ether oxygens (including phenoxy) is 2. The van der Waals surface area contributed by atoms with E-state index in [-0.39, 0.29) is 61.7 Å². The Bertz CT molecular complexity index is 1470. The number of aliphatic carboxylic acids is 1. The molecule has 1 aromatic rings. The molecule has 0 heterocycles. The van der Waals surface area contributed by atoms with Crippen molar-refractivity contribution in [3.05, 3.63) is 29.3 Å². The second-order valence-corrected chi connectivity index (χ2v) is 13.8. The predicted octanol–water partition coefficient (Wildman–Crippen LogP) is 1.59. The molecule has 20 heteroatoms. The Morgan fingerprint density at radius 2 is 1.45 bits per heavy atom. The Kier molecular flexibility index (Phi) is 35.7. The van der Waals surface area contributed by atoms with Gasteiger partial charge in [-0.25, -0.2) is 4.79 Å². The number of carbonyl (C=O) groups excluding carboxylic acids is 8. The SMILES string of the molecule is CC(C)C(=O)OCc1ccc(NC(=O)CNC(=O)C(NC(=O)CNC=O)C(C)C)cc1C(=O)NCCN.CCC(=O)O.CCCNC(N)=O.CCCOCCC(=O)C(C)C. The van der Waals surface area contributed by atoms with Gasteiger partial charge in [0.05, 0.1) is 25.6 Å². The summed E-state index contributed by atoms with van der Waals surface area (Å²) >= 11 is 0. The van der Waals surface area contributed by atoms with Gasteiger partial charge in [0.15, 0.2) is 0 Å². The molecular weight excluding hydrogens is 784 g/mol. The van der Waals surface area contributed by atoms with Crippen molar-refractivity contribution in [3.8, 4) is 0 Å². The molecule has 20 nitrogen and oxygen atoms in total. The summed E-state index contributed by atoms with van der Waals surface area (Å²) < 4.78 is 10.4. The Morgan fingerprint density at radius 1 is 0.817 bits per heavy atom. The fourth-order valence-corrected chi connectivity index (χ4v) is 3.92. The molecule has 1 atom stereocenters. The number of carboxylic acid groups (broad SMARTS) is 1. The largest absolute Gasteiger partial charge is 0.481 e. The van der Waals surface area contributed by atoms with Gasteiger partial charge in [-0.15, -0.1) is 0 Å². The summed E-state index contributed by atoms with van der Waals surface area (Å²) in [5, 5.41) is 22.6. The van der Waals surface area contributed by atoms with Gasteiger partial charge in [-0.3, -0.25) is 38.4 Å². The average Bonchev–Trinajstić information content (AvgIpc) is 3.20. The Hall–Kier alpha value is -5.63. The molecule has 0 aliphatic heterocycles. The van der Waals surface area contributed by atoms with Crippen LogP contribution in [0.25, 0.3) is 0 Å². The summed E-state index contributed by atoms with van der Waals surface area (Å²) in [6, 6.07) is 3.16. The fraction of sp³-hybridized carbons (Fsp3) is 0.625. The van der Waals surface area contributed by atoms with E-state index in [2.05, 4.69) is 38.8 Å². The Balaban J connectivity index is -0.00000114. The molecule has 342 valence electrons. The minimum Gasteiger partial charge on any atom is -0.481 e. The highest BCUT2D eigenvalue weighted by atomic mass is 16.5. The lowest BCUT2D eigenvalue weighted by atomic mass is 10.0. The molecule has 0 aliphatic carbocycles. The molecule has 7 amide bonds. The van der Waals surface area contributed by atoms with Crippen molar-refractivity contribution in [1.82, 2.24) is 26.6 Å². The standard InChI is InChI=1S/C24H36N6O7.C9H18O2.C4H10N2O.C3H6O2/c1-14(2)21(30-19(32)10-26-13-31)23(35)28-11-20(33)29-17-6-5-16(12-37-24(36)15(3)4)18(9-17)22(34)27-8-7-25;1-4-6-11-7-5-9(10)8(2)3;1-2-3-6-4(5)7;1-2-3(4)5/h5-6,9,13-15,21H,7-8,10-12,25H2,1-4H3,(H,26,31)(H,27,34)(H,28,35)(H,29,33)(H,30,32);8H,4-7H2,1-3H3;2-3H2,1H3,(H3,5,6,7);2H2,1H3,(H,4,5). The zero-order valence-electron chi connectivity index (χ0n) is 36.7. The lowest BCUT2D eigenvalue weighted by Gasteiger charge is -2.21. The van der Waals surface area contributed by atoms with Gasteiger partial charge in [-0.05, 0) is 30.9 Å². The number of hydrogen-bond donors (Lipinski definition) is 9. The summed E-state index contributed by atoms with van der Waals surface area (Å²) in [7, 11) is 0. The van der Waals surface area contributed by atoms with Crippen LogP contribution in [0.1, 0.15) is 104 Å². The normalized spacial score (nSPS) is 10.5. The number of rotatable bonds is 24. The summed E-state index contributed by atoms with van der Waals surface area (Å²) in [5.74, 6) is -3.49. The van der Waals surface area contributed by atoms with Crippen molar-refractivity contribution in [2.75, 3.05) is 51.3 Å². The van der Waals surface area contributed by atoms with Gasteiger partial charge in [0.25, 0.3) is 5.91 Å². The van der Waals surface area contributed by atoms with Crippen LogP contribution in [-0.2, 0) is 49.6 Å². The summed E-state index contributed by atoms with van der Waals surface area (Å²) in [6.45, 7) is 18.0. The van der Waals surface area contributed by atoms with Crippen molar-refractivity contribution in [2.24, 2.45) is 29.2 Å². The van der Waals surface area contributed by atoms with Crippen LogP contribution in [-0.4, -0.2) is 111 Å². The van der Waals surface area contributed by atoms with E-state index in [1.54, 1.807) is 40.7 Å². The minimum absolute atomic E-state index is 0.128. The molecule has 1 rings (SSSR count). The van der Waals surface area contributed by atoms with Crippen molar-refractivity contribution in [3.63, 3.8) is 0 Å². The van der Waals surface area contributed by atoms with Crippen LogP contribution in [0.3, 0.4) is 0 Å². The van der Waals surface area contributed by atoms with E-state index < -0.39 is 54.2 Å². The number of carbonyl (C=O) groups is 9. The first-order valence-electron chi connectivity index (χ1n) is 19.9. The van der Waals surface area contributed by atoms with Crippen LogP contribution in [0.5, 0.6) is 0 Å². The van der Waals surface area contributed by atoms with E-state index in [1.807, 2.05) is 20.8 Å². The quantitative estimate of drug-likeness (QED) is 0.0406. The van der Waals surface area contributed by atoms with Gasteiger partial charge in [-0.2, -0.15) is 0 Å². The zero-order valence-corrected chi connectivity index (χ0v) is 36.7. The number of anilines is 1. The van der Waals surface area contributed by atoms with Crippen LogP contribution in [0, 0.1) is 17.8 Å². The van der Waals surface area contributed by atoms with Crippen molar-refractivity contribution < 1.29 is 57.7 Å². The molecule has 1 aromatic carbocycles. The average molecular weight is 855 g/mol. The van der Waals surface area contributed by atoms with E-state index >= 15 is 0 Å². The van der Waals surface area contributed by atoms with E-state index in [0.29, 0.717) is 37.3 Å². The number of nitrogens with two attached hydrogens (primary N) is 2. The second kappa shape index (κ2) is 36.4. The third kappa shape index (κ3) is 32.3. The highest BCUT2D eigenvalue weighted by Gasteiger charge is 2.24. The van der Waals surface area contributed by atoms with E-state index in [1.165, 1.54) is 12.1 Å². The predicted molar refractivity (Wildman–Crippen MR) is 226 cm³/mol. The number of nitrogens with one attached hydrogen (secondary N) is 6. The molecule has 11 N–H and O–H groups in total. The van der Waals surface area contributed by atoms with Crippen molar-refractivity contribution in [1.29, 1.82) is 0 Å². The summed E-state index contributed by atoms with van der Waals surface area (Å²) in [5.41, 5.74) is 11.1. The number of carboxylic acids is 1. The summed E-state index contributed by atoms with van der Waals surface area (Å²) in [4.78, 5) is 102. The minimum atomic E-state index is -0.917. The lowest BCUT2D eigenvalue weighted by Crippen LogP contribution is -2.52. The number of esters is 1. The van der Waals surface area contributed by atoms with Gasteiger partial charge in [-0.1, -0.05) is 68.4 Å². The monoisotopic (exact) mass is 855 g/mol. The molecule has 0 saturated heterocycles. The van der Waals surface area contributed by atoms with Crippen LogP contribution in [0.4, 0.5) is 10.5 Å². The summed E-state index contributed by atoms with van der Waals surface area (Å²) in [6.07, 6.45) is 3.11. The Morgan fingerprint density at radius 3 is 1.92 bits per heavy atom. The molecule has 0 aromatic heterocycles. The maximum Gasteiger partial charge on any atom is 0.312 e. The van der Waals surface area contributed by atoms with Crippen molar-refractivity contribution in [2.45, 2.75) is 101 Å². The number of ketones is 1. The number of benzene rings is 1. The maximum absolute atomic E-state index is 12.6. The highest BCUT2D eigenvalue weighted by Crippen LogP contribution is 2.18. The molecule has 0 spiro atoms. The zero-order chi connectivity index (χ0) is 46.6. The second-order valence-electron chi connectivity index (χ2n) is 13.8. The fourth-order valence-electron chi connectivity index (χ4n) is 3.92. The molecule has 1 unspecified atom stereocenters. The molecule has 0 saturated carbocycles. The van der Waals surface area contributed by atoms with Gasteiger partial charge in [0.2, 0.25) is 24.1 Å². The number of primary amides is 1. The van der Waals surface area contributed by atoms with Crippen LogP contribution < -0.4 is 43.4 Å². The van der Waals surface area contributed by atoms with Crippen LogP contribution in [0.15, 0.2) is 18.2 Å². The molecule has 0 aliphatic rings. The number of urea groups is 1. The van der Waals surface area contributed by atoms with E-state index in [0.717, 1.165) is 19.4 Å². The molecule has 0 radical (unpaired) electrons. The first kappa shape index (κ1) is 58.7. The van der Waals surface area contributed by atoms with Gasteiger partial charge < -0.3 is 57.9 Å². The topological polar surface area (TPSA) is 317 Å². The number of amides is 7. The molecule has 0 fully saturated rings. The highest BCUT2D eigenvalue weighted by molar-refractivity contribution is 6.00. The number of Topliss-reactive ketones (excluding diaryl/α,β-unsaturated/α-hetero) is 1. The van der Waals surface area contributed by atoms with Gasteiger partial charge in [0.1, 0.15) is 18.4 Å². The maximum atomic E-state index is 12.6. The smallest absolute Gasteiger partial charge is 0.312 e. The van der Waals surface area contributed by atoms with Gasteiger partial charge in [0, 0.05) is 61.8 Å². The molecular formula is C40H70N8O12. The molecule has 0 bridgehead atoms. The third-order valence-corrected chi connectivity index (χ3v) is 7.28. The van der Waals surface area contributed by atoms with Crippen LogP contribution >= 0.6 is 0 Å². The molecule has 60 heavy (non-hydrogen) atoms. The first-order valence-corrected chi connectivity index (χ1v) is 19.9. The first-order chi connectivity index (χ1) is 28.2. The lowest BCUT2D eigenvalue weighted by molar-refractivity contribution is -0.148. The van der Waals surface area contributed by atoms with Crippen LogP contribution in [0.2, 0.25) is 0 Å². The number of hydrogen-bond acceptors (Lipinski definition) is 12.